The average Bonchev–Trinajstić information content (AvgIpc) is 2.31. The van der Waals surface area contributed by atoms with Crippen molar-refractivity contribution < 1.29 is 8.42 Å². The van der Waals surface area contributed by atoms with Crippen LogP contribution >= 0.6 is 0 Å². The summed E-state index contributed by atoms with van der Waals surface area (Å²) in [5.41, 5.74) is 2.85. The Morgan fingerprint density at radius 1 is 1.25 bits per heavy atom. The van der Waals surface area contributed by atoms with Gasteiger partial charge in [-0.15, -0.1) is 0 Å². The van der Waals surface area contributed by atoms with Crippen LogP contribution in [0.15, 0.2) is 17.0 Å². The lowest BCUT2D eigenvalue weighted by Gasteiger charge is -2.33. The molecule has 0 heterocycles. The number of aryl methyl sites for hydroxylation is 1. The zero-order valence-electron chi connectivity index (χ0n) is 12.7. The molecule has 2 N–H and O–H groups in total. The van der Waals surface area contributed by atoms with Crippen LogP contribution in [0.25, 0.3) is 0 Å². The normalized spacial score (nSPS) is 22.6. The van der Waals surface area contributed by atoms with Crippen LogP contribution in [-0.2, 0) is 16.6 Å². The van der Waals surface area contributed by atoms with Gasteiger partial charge in [-0.25, -0.2) is 13.1 Å². The molecule has 112 valence electrons. The summed E-state index contributed by atoms with van der Waals surface area (Å²) in [6.45, 7) is 6.65. The smallest absolute Gasteiger partial charge is 0.241 e. The first-order valence-electron chi connectivity index (χ1n) is 7.10. The highest BCUT2D eigenvalue weighted by atomic mass is 32.2. The molecule has 0 spiro atoms. The largest absolute Gasteiger partial charge is 0.316 e. The van der Waals surface area contributed by atoms with Crippen LogP contribution in [0.1, 0.15) is 36.5 Å². The molecule has 0 aromatic heterocycles. The maximum absolute atomic E-state index is 12.5. The molecule has 0 atom stereocenters. The summed E-state index contributed by atoms with van der Waals surface area (Å²) in [5.74, 6) is 0.626. The molecule has 1 fully saturated rings. The van der Waals surface area contributed by atoms with E-state index >= 15 is 0 Å². The van der Waals surface area contributed by atoms with Gasteiger partial charge in [-0.05, 0) is 62.4 Å². The number of hydrogen-bond acceptors (Lipinski definition) is 3. The fourth-order valence-corrected chi connectivity index (χ4v) is 4.39. The van der Waals surface area contributed by atoms with Crippen LogP contribution in [0.3, 0.4) is 0 Å². The van der Waals surface area contributed by atoms with Crippen LogP contribution in [0.4, 0.5) is 0 Å². The maximum Gasteiger partial charge on any atom is 0.241 e. The third-order valence-corrected chi connectivity index (χ3v) is 5.69. The summed E-state index contributed by atoms with van der Waals surface area (Å²) < 4.78 is 27.9. The molecule has 1 aliphatic rings. The van der Waals surface area contributed by atoms with Crippen LogP contribution in [0.5, 0.6) is 0 Å². The first-order valence-corrected chi connectivity index (χ1v) is 8.59. The van der Waals surface area contributed by atoms with E-state index in [0.29, 0.717) is 17.4 Å². The second-order valence-electron chi connectivity index (χ2n) is 5.96. The zero-order valence-corrected chi connectivity index (χ0v) is 13.5. The van der Waals surface area contributed by atoms with Gasteiger partial charge in [-0.3, -0.25) is 0 Å². The molecule has 0 amide bonds. The van der Waals surface area contributed by atoms with Crippen molar-refractivity contribution in [2.24, 2.45) is 5.92 Å². The third-order valence-electron chi connectivity index (χ3n) is 4.05. The van der Waals surface area contributed by atoms with Gasteiger partial charge in [-0.1, -0.05) is 13.0 Å². The van der Waals surface area contributed by atoms with Gasteiger partial charge in [0.1, 0.15) is 0 Å². The number of sulfonamides is 1. The zero-order chi connectivity index (χ0) is 14.9. The molecule has 0 unspecified atom stereocenters. The van der Waals surface area contributed by atoms with Crippen molar-refractivity contribution in [2.75, 3.05) is 7.05 Å². The second kappa shape index (κ2) is 5.84. The van der Waals surface area contributed by atoms with E-state index in [9.17, 15) is 8.42 Å². The molecular formula is C15H24N2O2S. The van der Waals surface area contributed by atoms with E-state index in [1.165, 1.54) is 0 Å². The van der Waals surface area contributed by atoms with Crippen LogP contribution < -0.4 is 10.0 Å². The Bertz CT molecular complexity index is 590. The predicted octanol–water partition coefficient (Wildman–Crippen LogP) is 2.10. The van der Waals surface area contributed by atoms with Crippen molar-refractivity contribution >= 4 is 10.0 Å². The summed E-state index contributed by atoms with van der Waals surface area (Å²) in [7, 11) is -1.56. The van der Waals surface area contributed by atoms with Gasteiger partial charge in [0.2, 0.25) is 10.0 Å². The van der Waals surface area contributed by atoms with E-state index in [4.69, 9.17) is 0 Å². The Labute approximate surface area is 122 Å². The van der Waals surface area contributed by atoms with E-state index in [-0.39, 0.29) is 6.04 Å². The van der Waals surface area contributed by atoms with E-state index in [1.54, 1.807) is 6.07 Å². The molecule has 0 aliphatic heterocycles. The van der Waals surface area contributed by atoms with Crippen LogP contribution in [-0.4, -0.2) is 21.5 Å². The summed E-state index contributed by atoms with van der Waals surface area (Å²) in [6, 6.07) is 3.92. The fraction of sp³-hybridized carbons (Fsp3) is 0.600. The molecule has 0 bridgehead atoms. The van der Waals surface area contributed by atoms with Gasteiger partial charge in [-0.2, -0.15) is 0 Å². The molecule has 1 aromatic rings. The minimum atomic E-state index is -3.42. The predicted molar refractivity (Wildman–Crippen MR) is 81.2 cm³/mol. The highest BCUT2D eigenvalue weighted by Crippen LogP contribution is 2.29. The first kappa shape index (κ1) is 15.5. The third kappa shape index (κ3) is 3.22. The SMILES string of the molecule is CNCc1cc(C)c(C)c(S(=O)(=O)NC2CC(C)C2)c1. The lowest BCUT2D eigenvalue weighted by molar-refractivity contribution is 0.270. The second-order valence-corrected chi connectivity index (χ2v) is 7.64. The Kier molecular flexibility index (Phi) is 4.52. The highest BCUT2D eigenvalue weighted by Gasteiger charge is 2.30. The van der Waals surface area contributed by atoms with E-state index < -0.39 is 10.0 Å². The Balaban J connectivity index is 2.30. The first-order chi connectivity index (χ1) is 9.33. The van der Waals surface area contributed by atoms with Crippen LogP contribution in [0, 0.1) is 19.8 Å². The number of benzene rings is 1. The Hall–Kier alpha value is -0.910. The fourth-order valence-electron chi connectivity index (χ4n) is 2.77. The van der Waals surface area contributed by atoms with Gasteiger partial charge < -0.3 is 5.32 Å². The molecule has 4 nitrogen and oxygen atoms in total. The molecule has 2 rings (SSSR count). The number of rotatable bonds is 5. The van der Waals surface area contributed by atoms with E-state index in [0.717, 1.165) is 29.5 Å². The minimum absolute atomic E-state index is 0.0997. The topological polar surface area (TPSA) is 58.2 Å². The summed E-state index contributed by atoms with van der Waals surface area (Å²) >= 11 is 0. The molecule has 0 saturated heterocycles. The molecule has 5 heteroatoms. The van der Waals surface area contributed by atoms with Gasteiger partial charge in [0, 0.05) is 12.6 Å². The molecular weight excluding hydrogens is 272 g/mol. The standard InChI is InChI=1S/C15H24N2O2S/c1-10-5-14(6-10)17-20(18,19)15-8-13(9-16-4)7-11(2)12(15)3/h7-8,10,14,16-17H,5-6,9H2,1-4H3. The molecule has 1 aliphatic carbocycles. The highest BCUT2D eigenvalue weighted by molar-refractivity contribution is 7.89. The van der Waals surface area contributed by atoms with Crippen molar-refractivity contribution in [1.29, 1.82) is 0 Å². The lowest BCUT2D eigenvalue weighted by atomic mass is 9.83. The van der Waals surface area contributed by atoms with E-state index in [2.05, 4.69) is 17.0 Å². The summed E-state index contributed by atoms with van der Waals surface area (Å²) in [4.78, 5) is 0.419. The van der Waals surface area contributed by atoms with Gasteiger partial charge >= 0.3 is 0 Å². The van der Waals surface area contributed by atoms with Crippen molar-refractivity contribution in [3.05, 3.63) is 28.8 Å². The van der Waals surface area contributed by atoms with Gasteiger partial charge in [0.05, 0.1) is 4.90 Å². The summed E-state index contributed by atoms with van der Waals surface area (Å²) in [6.07, 6.45) is 1.88. The molecule has 20 heavy (non-hydrogen) atoms. The van der Waals surface area contributed by atoms with Crippen molar-refractivity contribution in [1.82, 2.24) is 10.0 Å². The Morgan fingerprint density at radius 3 is 2.45 bits per heavy atom. The average molecular weight is 296 g/mol. The van der Waals surface area contributed by atoms with Crippen molar-refractivity contribution in [3.8, 4) is 0 Å². The molecule has 1 aromatic carbocycles. The van der Waals surface area contributed by atoms with Crippen molar-refractivity contribution in [2.45, 2.75) is 51.1 Å². The summed E-state index contributed by atoms with van der Waals surface area (Å²) in [5, 5.41) is 3.06. The van der Waals surface area contributed by atoms with E-state index in [1.807, 2.05) is 27.0 Å². The van der Waals surface area contributed by atoms with Crippen LogP contribution in [0.2, 0.25) is 0 Å². The monoisotopic (exact) mass is 296 g/mol. The molecule has 1 saturated carbocycles. The van der Waals surface area contributed by atoms with Gasteiger partial charge in [0.15, 0.2) is 0 Å². The van der Waals surface area contributed by atoms with Crippen molar-refractivity contribution in [3.63, 3.8) is 0 Å². The minimum Gasteiger partial charge on any atom is -0.316 e. The quantitative estimate of drug-likeness (QED) is 0.875. The lowest BCUT2D eigenvalue weighted by Crippen LogP contribution is -2.43. The molecule has 0 radical (unpaired) electrons. The maximum atomic E-state index is 12.5. The number of nitrogens with one attached hydrogen (secondary N) is 2. The Morgan fingerprint density at radius 2 is 1.90 bits per heavy atom. The van der Waals surface area contributed by atoms with Gasteiger partial charge in [0.25, 0.3) is 0 Å². The number of hydrogen-bond donors (Lipinski definition) is 2.